The zero-order valence-corrected chi connectivity index (χ0v) is 10.6. The van der Waals surface area contributed by atoms with Gasteiger partial charge in [0.2, 0.25) is 0 Å². The number of benzene rings is 1. The maximum atomic E-state index is 8.67. The molecule has 0 saturated heterocycles. The molecule has 0 aliphatic heterocycles. The molecule has 0 bridgehead atoms. The Hall–Kier alpha value is -1.21. The predicted molar refractivity (Wildman–Crippen MR) is 69.2 cm³/mol. The van der Waals surface area contributed by atoms with E-state index in [1.807, 2.05) is 18.2 Å². The SMILES string of the molecule is N#CCCN(c1cc(Br)ccc1N)C1CC1. The van der Waals surface area contributed by atoms with Gasteiger partial charge in [-0.2, -0.15) is 5.26 Å². The Kier molecular flexibility index (Phi) is 3.35. The van der Waals surface area contributed by atoms with E-state index in [-0.39, 0.29) is 0 Å². The zero-order valence-electron chi connectivity index (χ0n) is 8.99. The van der Waals surface area contributed by atoms with Gasteiger partial charge in [-0.25, -0.2) is 0 Å². The van der Waals surface area contributed by atoms with E-state index < -0.39 is 0 Å². The van der Waals surface area contributed by atoms with Crippen molar-refractivity contribution >= 4 is 27.3 Å². The summed E-state index contributed by atoms with van der Waals surface area (Å²) in [5, 5.41) is 8.67. The number of nitriles is 1. The molecule has 84 valence electrons. The van der Waals surface area contributed by atoms with E-state index in [2.05, 4.69) is 26.9 Å². The van der Waals surface area contributed by atoms with Crippen LogP contribution < -0.4 is 10.6 Å². The highest BCUT2D eigenvalue weighted by Crippen LogP contribution is 2.36. The van der Waals surface area contributed by atoms with Crippen molar-refractivity contribution in [2.24, 2.45) is 0 Å². The molecule has 1 aliphatic rings. The highest BCUT2D eigenvalue weighted by atomic mass is 79.9. The fourth-order valence-electron chi connectivity index (χ4n) is 1.82. The molecule has 0 unspecified atom stereocenters. The largest absolute Gasteiger partial charge is 0.397 e. The van der Waals surface area contributed by atoms with Crippen molar-refractivity contribution < 1.29 is 0 Å². The third kappa shape index (κ3) is 2.48. The van der Waals surface area contributed by atoms with Gasteiger partial charge in [-0.05, 0) is 31.0 Å². The van der Waals surface area contributed by atoms with Crippen molar-refractivity contribution in [3.05, 3.63) is 22.7 Å². The second-order valence-corrected chi connectivity index (χ2v) is 4.95. The van der Waals surface area contributed by atoms with E-state index in [4.69, 9.17) is 11.0 Å². The fourth-order valence-corrected chi connectivity index (χ4v) is 2.17. The molecule has 1 saturated carbocycles. The summed E-state index contributed by atoms with van der Waals surface area (Å²) in [5.41, 5.74) is 7.82. The van der Waals surface area contributed by atoms with Crippen LogP contribution >= 0.6 is 15.9 Å². The first kappa shape index (κ1) is 11.3. The second-order valence-electron chi connectivity index (χ2n) is 4.04. The molecule has 0 aromatic heterocycles. The molecule has 0 heterocycles. The molecule has 0 atom stereocenters. The topological polar surface area (TPSA) is 53.0 Å². The van der Waals surface area contributed by atoms with E-state index in [1.54, 1.807) is 0 Å². The first-order valence-electron chi connectivity index (χ1n) is 5.41. The van der Waals surface area contributed by atoms with Gasteiger partial charge in [-0.3, -0.25) is 0 Å². The van der Waals surface area contributed by atoms with Gasteiger partial charge in [0.15, 0.2) is 0 Å². The van der Waals surface area contributed by atoms with E-state index in [9.17, 15) is 0 Å². The van der Waals surface area contributed by atoms with Crippen molar-refractivity contribution in [3.63, 3.8) is 0 Å². The van der Waals surface area contributed by atoms with Gasteiger partial charge in [-0.15, -0.1) is 0 Å². The molecular formula is C12H14BrN3. The lowest BCUT2D eigenvalue weighted by Crippen LogP contribution is -2.27. The lowest BCUT2D eigenvalue weighted by atomic mass is 10.2. The summed E-state index contributed by atoms with van der Waals surface area (Å²) in [6, 6.07) is 8.64. The smallest absolute Gasteiger partial charge is 0.0640 e. The molecular weight excluding hydrogens is 266 g/mol. The zero-order chi connectivity index (χ0) is 11.5. The molecule has 1 aliphatic carbocycles. The maximum Gasteiger partial charge on any atom is 0.0640 e. The number of anilines is 2. The number of hydrogen-bond donors (Lipinski definition) is 1. The summed E-state index contributed by atoms with van der Waals surface area (Å²) < 4.78 is 1.03. The molecule has 16 heavy (non-hydrogen) atoms. The van der Waals surface area contributed by atoms with Gasteiger partial charge in [0, 0.05) is 17.1 Å². The van der Waals surface area contributed by atoms with Gasteiger partial charge in [0.05, 0.1) is 23.9 Å². The van der Waals surface area contributed by atoms with Crippen LogP contribution in [0.3, 0.4) is 0 Å². The van der Waals surface area contributed by atoms with Crippen molar-refractivity contribution in [2.75, 3.05) is 17.2 Å². The number of halogens is 1. The van der Waals surface area contributed by atoms with E-state index in [1.165, 1.54) is 12.8 Å². The second kappa shape index (κ2) is 4.75. The van der Waals surface area contributed by atoms with Gasteiger partial charge >= 0.3 is 0 Å². The third-order valence-electron chi connectivity index (χ3n) is 2.75. The molecule has 1 fully saturated rings. The molecule has 2 rings (SSSR count). The minimum Gasteiger partial charge on any atom is -0.397 e. The van der Waals surface area contributed by atoms with Crippen molar-refractivity contribution in [3.8, 4) is 6.07 Å². The lowest BCUT2D eigenvalue weighted by molar-refractivity contribution is 0.794. The van der Waals surface area contributed by atoms with Crippen LogP contribution in [0.5, 0.6) is 0 Å². The summed E-state index contributed by atoms with van der Waals surface area (Å²) in [4.78, 5) is 2.25. The van der Waals surface area contributed by atoms with Crippen LogP contribution in [-0.4, -0.2) is 12.6 Å². The van der Waals surface area contributed by atoms with Crippen LogP contribution in [0.2, 0.25) is 0 Å². The number of nitrogens with two attached hydrogens (primary N) is 1. The van der Waals surface area contributed by atoms with E-state index in [0.717, 1.165) is 22.4 Å². The Morgan fingerprint density at radius 1 is 1.50 bits per heavy atom. The average Bonchev–Trinajstić information content (AvgIpc) is 3.08. The summed E-state index contributed by atoms with van der Waals surface area (Å²) >= 11 is 3.46. The Morgan fingerprint density at radius 2 is 2.25 bits per heavy atom. The van der Waals surface area contributed by atoms with Crippen LogP contribution in [0.4, 0.5) is 11.4 Å². The number of rotatable bonds is 4. The summed E-state index contributed by atoms with van der Waals surface area (Å²) in [6.07, 6.45) is 2.96. The Morgan fingerprint density at radius 3 is 2.88 bits per heavy atom. The fraction of sp³-hybridized carbons (Fsp3) is 0.417. The quantitative estimate of drug-likeness (QED) is 0.863. The molecule has 4 heteroatoms. The van der Waals surface area contributed by atoms with Crippen LogP contribution in [0.25, 0.3) is 0 Å². The highest BCUT2D eigenvalue weighted by molar-refractivity contribution is 9.10. The van der Waals surface area contributed by atoms with Crippen LogP contribution in [0.1, 0.15) is 19.3 Å². The van der Waals surface area contributed by atoms with Gasteiger partial charge < -0.3 is 10.6 Å². The van der Waals surface area contributed by atoms with E-state index >= 15 is 0 Å². The summed E-state index contributed by atoms with van der Waals surface area (Å²) in [6.45, 7) is 0.766. The molecule has 1 aromatic rings. The molecule has 3 nitrogen and oxygen atoms in total. The summed E-state index contributed by atoms with van der Waals surface area (Å²) in [5.74, 6) is 0. The maximum absolute atomic E-state index is 8.67. The molecule has 0 amide bonds. The Bertz CT molecular complexity index is 421. The van der Waals surface area contributed by atoms with Crippen molar-refractivity contribution in [2.45, 2.75) is 25.3 Å². The molecule has 1 aromatic carbocycles. The van der Waals surface area contributed by atoms with Gasteiger partial charge in [-0.1, -0.05) is 15.9 Å². The predicted octanol–water partition coefficient (Wildman–Crippen LogP) is 2.91. The van der Waals surface area contributed by atoms with Crippen molar-refractivity contribution in [1.82, 2.24) is 0 Å². The van der Waals surface area contributed by atoms with Crippen LogP contribution in [0, 0.1) is 11.3 Å². The Labute approximate surface area is 104 Å². The van der Waals surface area contributed by atoms with Crippen LogP contribution in [0.15, 0.2) is 22.7 Å². The molecule has 0 radical (unpaired) electrons. The minimum absolute atomic E-state index is 0.544. The monoisotopic (exact) mass is 279 g/mol. The number of nitrogen functional groups attached to an aromatic ring is 1. The van der Waals surface area contributed by atoms with E-state index in [0.29, 0.717) is 12.5 Å². The number of hydrogen-bond acceptors (Lipinski definition) is 3. The summed E-state index contributed by atoms with van der Waals surface area (Å²) in [7, 11) is 0. The Balaban J connectivity index is 2.23. The normalized spacial score (nSPS) is 14.5. The average molecular weight is 280 g/mol. The van der Waals surface area contributed by atoms with Gasteiger partial charge in [0.1, 0.15) is 0 Å². The van der Waals surface area contributed by atoms with Crippen molar-refractivity contribution in [1.29, 1.82) is 5.26 Å². The van der Waals surface area contributed by atoms with Gasteiger partial charge in [0.25, 0.3) is 0 Å². The molecule has 2 N–H and O–H groups in total. The number of nitrogens with zero attached hydrogens (tertiary/aromatic N) is 2. The van der Waals surface area contributed by atoms with Crippen LogP contribution in [-0.2, 0) is 0 Å². The first-order valence-corrected chi connectivity index (χ1v) is 6.20. The molecule has 0 spiro atoms. The lowest BCUT2D eigenvalue weighted by Gasteiger charge is -2.25. The standard InChI is InChI=1S/C12H14BrN3/c13-9-2-5-11(15)12(8-9)16(7-1-6-14)10-3-4-10/h2,5,8,10H,1,3-4,7,15H2. The minimum atomic E-state index is 0.544. The highest BCUT2D eigenvalue weighted by Gasteiger charge is 2.29. The first-order chi connectivity index (χ1) is 7.72. The third-order valence-corrected chi connectivity index (χ3v) is 3.25.